The van der Waals surface area contributed by atoms with Gasteiger partial charge in [0.25, 0.3) is 6.48 Å². The first-order valence-corrected chi connectivity index (χ1v) is 38.2. The molecule has 0 aliphatic carbocycles. The van der Waals surface area contributed by atoms with E-state index in [2.05, 4.69) is 33.4 Å². The van der Waals surface area contributed by atoms with Gasteiger partial charge in [-0.15, -0.1) is 0 Å². The predicted molar refractivity (Wildman–Crippen MR) is 415 cm³/mol. The van der Waals surface area contributed by atoms with Crippen LogP contribution in [0.15, 0.2) is 201 Å². The van der Waals surface area contributed by atoms with Crippen molar-refractivity contribution in [3.05, 3.63) is 240 Å². The maximum absolute atomic E-state index is 15.0. The molecule has 0 unspecified atom stereocenters. The van der Waals surface area contributed by atoms with Crippen molar-refractivity contribution in [3.8, 4) is 23.0 Å². The normalized spacial score (nSPS) is 18.5. The smallest absolute Gasteiger partial charge is 0.329 e. The van der Waals surface area contributed by atoms with Crippen LogP contribution in [0.2, 0.25) is 0 Å². The summed E-state index contributed by atoms with van der Waals surface area (Å²) in [5, 5.41) is 24.6. The number of fused-ring (bicyclic) bond motifs is 2. The zero-order valence-electron chi connectivity index (χ0n) is 62.8. The standard InChI is InChI=1S/C84H97N9O16S/c1-99-47-49-105-82(106-50-48-100-2)109-76-75(69(52-94)107-79(76)92-55-88-74-77(86-54-87-78(74)92)91-83(57-23-13-8-14-24-57,58-30-38-63(101-3)39-31-58)59-32-40-64(102-4)41-33-59)108-80(97)67(51-56-21-11-7-12-22-56)89-72(96)29-17-10-20-46-85-71(95)28-19-18-27-70-73-68(53-110-70)93(81(98)90-73)84(60-25-15-9-16-26-60,61-34-42-65(103-5)43-35-61)62-36-44-66(104-6)45-37-62/h7-9,11-16,21-26,30-45,54-55,67-70,73,75-76,79,82,94H,10,17-20,27-29,46-53H2,1-6H3,(H,85,95)(H,89,96)(H,90,98)(H,86,87,91)/t67-,68-,69+,70-,73-,75+,76+,79+/m0/s1/i80+1. The van der Waals surface area contributed by atoms with Crippen molar-refractivity contribution in [2.45, 2.75) is 123 Å². The number of benzene rings is 7. The number of urea groups is 1. The van der Waals surface area contributed by atoms with E-state index in [1.165, 1.54) is 26.9 Å². The third kappa shape index (κ3) is 18.2. The molecular weight excluding hydrogens is 1420 g/mol. The van der Waals surface area contributed by atoms with Gasteiger partial charge in [0.15, 0.2) is 29.3 Å². The fourth-order valence-corrected chi connectivity index (χ4v) is 16.5. The van der Waals surface area contributed by atoms with E-state index in [1.54, 1.807) is 33.0 Å². The number of esters is 1. The van der Waals surface area contributed by atoms with E-state index in [0.29, 0.717) is 73.0 Å². The number of unbranched alkanes of at least 4 members (excludes halogenated alkanes) is 3. The molecule has 110 heavy (non-hydrogen) atoms. The van der Waals surface area contributed by atoms with Crippen molar-refractivity contribution in [3.63, 3.8) is 0 Å². The van der Waals surface area contributed by atoms with E-state index < -0.39 is 60.7 Å². The van der Waals surface area contributed by atoms with Crippen molar-refractivity contribution < 1.29 is 76.4 Å². The minimum Gasteiger partial charge on any atom is -0.497 e. The highest BCUT2D eigenvalue weighted by Gasteiger charge is 2.58. The van der Waals surface area contributed by atoms with E-state index in [4.69, 9.17) is 67.1 Å². The van der Waals surface area contributed by atoms with Gasteiger partial charge in [0, 0.05) is 51.0 Å². The minimum atomic E-state index is -1.41. The van der Waals surface area contributed by atoms with E-state index in [0.717, 1.165) is 57.5 Å². The number of imidazole rings is 1. The van der Waals surface area contributed by atoms with Crippen LogP contribution < -0.4 is 40.2 Å². The Morgan fingerprint density at radius 1 is 0.609 bits per heavy atom. The van der Waals surface area contributed by atoms with E-state index in [1.807, 2.05) is 193 Å². The third-order valence-electron chi connectivity index (χ3n) is 20.4. The Labute approximate surface area is 645 Å². The fourth-order valence-electron chi connectivity index (χ4n) is 14.9. The summed E-state index contributed by atoms with van der Waals surface area (Å²) in [5.74, 6) is 2.57. The molecule has 12 rings (SSSR count). The topological polar surface area (TPSA) is 285 Å². The molecular formula is C84H97N9O16S. The number of nitrogens with one attached hydrogen (secondary N) is 4. The Hall–Kier alpha value is -10.2. The summed E-state index contributed by atoms with van der Waals surface area (Å²) in [6, 6.07) is 59.2. The molecule has 26 heteroatoms. The number of hydrogen-bond donors (Lipinski definition) is 5. The van der Waals surface area contributed by atoms with Crippen LogP contribution in [0.25, 0.3) is 11.2 Å². The summed E-state index contributed by atoms with van der Waals surface area (Å²) < 4.78 is 66.7. The number of ether oxygens (including phenoxy) is 11. The fraction of sp³-hybridized carbons (Fsp3) is 0.393. The van der Waals surface area contributed by atoms with Crippen molar-refractivity contribution in [2.75, 3.05) is 93.3 Å². The number of methoxy groups -OCH3 is 6. The van der Waals surface area contributed by atoms with Crippen LogP contribution in [-0.2, 0) is 65.0 Å². The summed E-state index contributed by atoms with van der Waals surface area (Å²) in [6.07, 6.45) is 2.34. The van der Waals surface area contributed by atoms with Gasteiger partial charge < -0.3 is 83.4 Å². The molecule has 3 fully saturated rings. The Bertz CT molecular complexity index is 4300. The average Bonchev–Trinajstić information content (AvgIpc) is 1.40. The van der Waals surface area contributed by atoms with Crippen molar-refractivity contribution in [1.82, 2.24) is 40.4 Å². The number of anilines is 1. The molecule has 3 saturated heterocycles. The molecule has 8 atom stereocenters. The van der Waals surface area contributed by atoms with Crippen molar-refractivity contribution >= 4 is 52.6 Å². The van der Waals surface area contributed by atoms with E-state index in [-0.39, 0.29) is 80.1 Å². The van der Waals surface area contributed by atoms with Gasteiger partial charge in [-0.1, -0.05) is 152 Å². The molecule has 3 aliphatic rings. The van der Waals surface area contributed by atoms with Crippen LogP contribution in [0, 0.1) is 0 Å². The maximum Gasteiger partial charge on any atom is 0.329 e. The molecule has 0 saturated carbocycles. The number of nitrogens with zero attached hydrogens (tertiary/aromatic N) is 5. The average molecular weight is 1520 g/mol. The van der Waals surface area contributed by atoms with Crippen molar-refractivity contribution in [1.29, 1.82) is 0 Å². The van der Waals surface area contributed by atoms with E-state index in [9.17, 15) is 19.5 Å². The quantitative estimate of drug-likeness (QED) is 0.00594. The Kier molecular flexibility index (Phi) is 27.8. The van der Waals surface area contributed by atoms with Gasteiger partial charge in [0.05, 0.1) is 79.9 Å². The molecule has 25 nitrogen and oxygen atoms in total. The molecule has 3 aliphatic heterocycles. The highest BCUT2D eigenvalue weighted by atomic mass is 32.2. The number of rotatable bonds is 41. The number of aromatic nitrogens is 4. The molecule has 5 N–H and O–H groups in total. The largest absolute Gasteiger partial charge is 0.497 e. The molecule has 5 heterocycles. The lowest BCUT2D eigenvalue weighted by atomic mass is 9.74. The minimum absolute atomic E-state index is 0.0347. The second-order valence-corrected chi connectivity index (χ2v) is 28.3. The SMILES string of the molecule is COCCOC(OCCOC)O[C@@H]1[C@H](O[13C](=O)[C@H](Cc2ccccc2)NC(=O)CCCCCNC(=O)CCCC[C@@H]2SC[C@H]3[C@@H]2NC(=O)N3C(c2ccccc2)(c2ccc(OC)cc2)c2ccc(OC)cc2)[C@@H](CO)O[C@H]1n1cnc2c(NC(c3ccccc3)(c3ccc(OC)cc3)c3ccc(OC)cc3)ncnc21. The number of thioether (sulfide) groups is 1. The Morgan fingerprint density at radius 2 is 1.14 bits per heavy atom. The highest BCUT2D eigenvalue weighted by Crippen LogP contribution is 2.50. The number of amides is 4. The molecule has 580 valence electrons. The summed E-state index contributed by atoms with van der Waals surface area (Å²) in [5.41, 5.74) is 4.60. The molecule has 0 spiro atoms. The molecule has 0 bridgehead atoms. The Morgan fingerprint density at radius 3 is 1.70 bits per heavy atom. The number of aliphatic hydroxyl groups excluding tert-OH is 1. The number of hydrogen-bond acceptors (Lipinski definition) is 21. The second-order valence-electron chi connectivity index (χ2n) is 27.0. The summed E-state index contributed by atoms with van der Waals surface area (Å²) in [6.45, 7) is -1.20. The van der Waals surface area contributed by atoms with Crippen LogP contribution in [-0.4, -0.2) is 189 Å². The maximum atomic E-state index is 15.0. The molecule has 4 amide bonds. The predicted octanol–water partition coefficient (Wildman–Crippen LogP) is 10.9. The van der Waals surface area contributed by atoms with Gasteiger partial charge in [-0.05, 0) is 113 Å². The lowest BCUT2D eigenvalue weighted by Gasteiger charge is -2.45. The molecule has 0 radical (unpaired) electrons. The van der Waals surface area contributed by atoms with E-state index >= 15 is 4.79 Å². The zero-order valence-corrected chi connectivity index (χ0v) is 63.6. The van der Waals surface area contributed by atoms with Gasteiger partial charge in [-0.3, -0.25) is 14.2 Å². The van der Waals surface area contributed by atoms with Gasteiger partial charge in [0.1, 0.15) is 58.7 Å². The molecule has 7 aromatic carbocycles. The van der Waals surface area contributed by atoms with Crippen LogP contribution in [0.3, 0.4) is 0 Å². The van der Waals surface area contributed by atoms with Crippen LogP contribution in [0.1, 0.15) is 96.5 Å². The highest BCUT2D eigenvalue weighted by molar-refractivity contribution is 8.00. The number of carbonyl (C=O) groups excluding carboxylic acids is 4. The molecule has 2 aromatic heterocycles. The second kappa shape index (κ2) is 38.5. The first-order valence-electron chi connectivity index (χ1n) is 37.2. The summed E-state index contributed by atoms with van der Waals surface area (Å²) in [4.78, 5) is 73.6. The van der Waals surface area contributed by atoms with Gasteiger partial charge >= 0.3 is 12.0 Å². The van der Waals surface area contributed by atoms with Crippen LogP contribution >= 0.6 is 11.8 Å². The molecule has 9 aromatic rings. The summed E-state index contributed by atoms with van der Waals surface area (Å²) in [7, 11) is 9.57. The zero-order chi connectivity index (χ0) is 76.8. The first-order chi connectivity index (χ1) is 53.9. The lowest BCUT2D eigenvalue weighted by molar-refractivity contribution is -0.321. The number of aliphatic hydroxyl groups is 1. The van der Waals surface area contributed by atoms with Crippen LogP contribution in [0.5, 0.6) is 23.0 Å². The van der Waals surface area contributed by atoms with Crippen molar-refractivity contribution in [2.24, 2.45) is 0 Å². The van der Waals surface area contributed by atoms with Gasteiger partial charge in [-0.2, -0.15) is 11.8 Å². The van der Waals surface area contributed by atoms with Crippen LogP contribution in [0.4, 0.5) is 10.6 Å². The Balaban J connectivity index is 0.691. The van der Waals surface area contributed by atoms with Gasteiger partial charge in [0.2, 0.25) is 11.8 Å². The third-order valence-corrected chi connectivity index (χ3v) is 21.9. The number of carbonyl (C=O) groups is 4. The van der Waals surface area contributed by atoms with Gasteiger partial charge in [-0.25, -0.2) is 24.5 Å². The monoisotopic (exact) mass is 1520 g/mol. The lowest BCUT2D eigenvalue weighted by Crippen LogP contribution is -2.53. The summed E-state index contributed by atoms with van der Waals surface area (Å²) >= 11 is 1.86. The first kappa shape index (κ1) is 79.4.